The highest BCUT2D eigenvalue weighted by Crippen LogP contribution is 2.14. The first-order valence-electron chi connectivity index (χ1n) is 5.45. The second-order valence-electron chi connectivity index (χ2n) is 3.69. The normalized spacial score (nSPS) is 10.6. The van der Waals surface area contributed by atoms with Crippen LogP contribution in [-0.4, -0.2) is 23.5 Å². The molecular weight excluding hydrogens is 237 g/mol. The molecule has 4 nitrogen and oxygen atoms in total. The molecule has 1 amide bonds. The van der Waals surface area contributed by atoms with Gasteiger partial charge in [-0.1, -0.05) is 24.3 Å². The summed E-state index contributed by atoms with van der Waals surface area (Å²) in [5, 5.41) is 11.3. The molecule has 0 aliphatic heterocycles. The zero-order chi connectivity index (χ0) is 13.5. The summed E-state index contributed by atoms with van der Waals surface area (Å²) in [6.07, 6.45) is 3.74. The predicted molar refractivity (Wildman–Crippen MR) is 65.7 cm³/mol. The second-order valence-corrected chi connectivity index (χ2v) is 3.69. The fourth-order valence-electron chi connectivity index (χ4n) is 1.39. The van der Waals surface area contributed by atoms with Gasteiger partial charge in [0.05, 0.1) is 5.56 Å². The molecule has 0 saturated heterocycles. The lowest BCUT2D eigenvalue weighted by molar-refractivity contribution is -0.118. The molecule has 0 radical (unpaired) electrons. The topological polar surface area (TPSA) is 66.4 Å². The number of halogens is 1. The van der Waals surface area contributed by atoms with Crippen LogP contribution in [0.25, 0.3) is 6.08 Å². The van der Waals surface area contributed by atoms with E-state index in [1.807, 2.05) is 0 Å². The van der Waals surface area contributed by atoms with Crippen LogP contribution in [0.1, 0.15) is 29.3 Å². The summed E-state index contributed by atoms with van der Waals surface area (Å²) in [7, 11) is 0. The monoisotopic (exact) mass is 251 g/mol. The van der Waals surface area contributed by atoms with Crippen LogP contribution in [0.15, 0.2) is 24.3 Å². The molecule has 0 bridgehead atoms. The minimum atomic E-state index is -1.29. The Kier molecular flexibility index (Phi) is 5.05. The van der Waals surface area contributed by atoms with Crippen molar-refractivity contribution in [1.29, 1.82) is 0 Å². The minimum absolute atomic E-state index is 0.123. The Morgan fingerprint density at radius 2 is 2.17 bits per heavy atom. The number of nitrogens with one attached hydrogen (secondary N) is 1. The van der Waals surface area contributed by atoms with Crippen LogP contribution >= 0.6 is 0 Å². The van der Waals surface area contributed by atoms with Crippen LogP contribution in [0.5, 0.6) is 0 Å². The molecule has 0 atom stereocenters. The lowest BCUT2D eigenvalue weighted by Gasteiger charge is -2.01. The van der Waals surface area contributed by atoms with Gasteiger partial charge < -0.3 is 10.4 Å². The highest BCUT2D eigenvalue weighted by molar-refractivity contribution is 5.88. The van der Waals surface area contributed by atoms with Crippen LogP contribution in [-0.2, 0) is 4.79 Å². The van der Waals surface area contributed by atoms with Gasteiger partial charge in [-0.05, 0) is 12.5 Å². The third kappa shape index (κ3) is 4.01. The van der Waals surface area contributed by atoms with Gasteiger partial charge in [-0.25, -0.2) is 9.18 Å². The maximum absolute atomic E-state index is 13.7. The Morgan fingerprint density at radius 1 is 1.44 bits per heavy atom. The van der Waals surface area contributed by atoms with E-state index in [4.69, 9.17) is 5.11 Å². The Labute approximate surface area is 104 Å². The smallest absolute Gasteiger partial charge is 0.338 e. The summed E-state index contributed by atoms with van der Waals surface area (Å²) in [4.78, 5) is 21.3. The Balaban J connectivity index is 2.67. The molecular formula is C13H14FNO3. The highest BCUT2D eigenvalue weighted by Gasteiger charge is 2.11. The fourth-order valence-corrected chi connectivity index (χ4v) is 1.39. The SMILES string of the molecule is CC(=O)NCCC=Cc1cccc(C(=O)O)c1F. The molecule has 0 unspecified atom stereocenters. The van der Waals surface area contributed by atoms with Crippen molar-refractivity contribution in [2.75, 3.05) is 6.54 Å². The van der Waals surface area contributed by atoms with E-state index in [1.165, 1.54) is 31.2 Å². The summed E-state index contributed by atoms with van der Waals surface area (Å²) in [6, 6.07) is 4.20. The van der Waals surface area contributed by atoms with Crippen molar-refractivity contribution in [3.05, 3.63) is 41.2 Å². The first kappa shape index (κ1) is 13.9. The Morgan fingerprint density at radius 3 is 2.78 bits per heavy atom. The summed E-state index contributed by atoms with van der Waals surface area (Å²) in [6.45, 7) is 1.88. The van der Waals surface area contributed by atoms with Crippen molar-refractivity contribution in [2.24, 2.45) is 0 Å². The molecule has 0 aromatic heterocycles. The molecule has 0 heterocycles. The van der Waals surface area contributed by atoms with E-state index >= 15 is 0 Å². The van der Waals surface area contributed by atoms with Crippen LogP contribution in [0.4, 0.5) is 4.39 Å². The van der Waals surface area contributed by atoms with Gasteiger partial charge in [0.2, 0.25) is 5.91 Å². The van der Waals surface area contributed by atoms with Gasteiger partial charge >= 0.3 is 5.97 Å². The van der Waals surface area contributed by atoms with Crippen LogP contribution in [0.3, 0.4) is 0 Å². The lowest BCUT2D eigenvalue weighted by Crippen LogP contribution is -2.20. The molecule has 1 rings (SSSR count). The summed E-state index contributed by atoms with van der Waals surface area (Å²) < 4.78 is 13.7. The van der Waals surface area contributed by atoms with Gasteiger partial charge in [0.1, 0.15) is 5.82 Å². The summed E-state index contributed by atoms with van der Waals surface area (Å²) in [5.41, 5.74) is -0.128. The van der Waals surface area contributed by atoms with Gasteiger partial charge in [0.25, 0.3) is 0 Å². The van der Waals surface area contributed by atoms with E-state index in [9.17, 15) is 14.0 Å². The maximum atomic E-state index is 13.7. The van der Waals surface area contributed by atoms with Crippen molar-refractivity contribution in [3.8, 4) is 0 Å². The van der Waals surface area contributed by atoms with Gasteiger partial charge in [0, 0.05) is 19.0 Å². The number of hydrogen-bond acceptors (Lipinski definition) is 2. The molecule has 2 N–H and O–H groups in total. The standard InChI is InChI=1S/C13H14FNO3/c1-9(16)15-8-3-2-5-10-6-4-7-11(12(10)14)13(17)18/h2,4-7H,3,8H2,1H3,(H,15,16)(H,17,18). The number of benzene rings is 1. The first-order valence-corrected chi connectivity index (χ1v) is 5.45. The van der Waals surface area contributed by atoms with Crippen molar-refractivity contribution in [1.82, 2.24) is 5.32 Å². The van der Waals surface area contributed by atoms with Gasteiger partial charge in [-0.3, -0.25) is 4.79 Å². The molecule has 1 aromatic rings. The largest absolute Gasteiger partial charge is 0.478 e. The summed E-state index contributed by atoms with van der Waals surface area (Å²) >= 11 is 0. The van der Waals surface area contributed by atoms with Crippen molar-refractivity contribution in [2.45, 2.75) is 13.3 Å². The minimum Gasteiger partial charge on any atom is -0.478 e. The van der Waals surface area contributed by atoms with Gasteiger partial charge in [0.15, 0.2) is 0 Å². The van der Waals surface area contributed by atoms with E-state index in [2.05, 4.69) is 5.32 Å². The van der Waals surface area contributed by atoms with E-state index < -0.39 is 11.8 Å². The number of carboxylic acid groups (broad SMARTS) is 1. The molecule has 5 heteroatoms. The highest BCUT2D eigenvalue weighted by atomic mass is 19.1. The summed E-state index contributed by atoms with van der Waals surface area (Å²) in [5.74, 6) is -2.16. The Bertz CT molecular complexity index is 483. The predicted octanol–water partition coefficient (Wildman–Crippen LogP) is 2.06. The second kappa shape index (κ2) is 6.54. The quantitative estimate of drug-likeness (QED) is 0.787. The Hall–Kier alpha value is -2.17. The fraction of sp³-hybridized carbons (Fsp3) is 0.231. The zero-order valence-electron chi connectivity index (χ0n) is 9.94. The lowest BCUT2D eigenvalue weighted by atomic mass is 10.1. The molecule has 1 aromatic carbocycles. The zero-order valence-corrected chi connectivity index (χ0v) is 9.94. The number of rotatable bonds is 5. The number of carbonyl (C=O) groups excluding carboxylic acids is 1. The van der Waals surface area contributed by atoms with Crippen molar-refractivity contribution in [3.63, 3.8) is 0 Å². The van der Waals surface area contributed by atoms with Crippen LogP contribution in [0, 0.1) is 5.82 Å². The van der Waals surface area contributed by atoms with E-state index in [0.717, 1.165) is 0 Å². The molecule has 0 saturated carbocycles. The van der Waals surface area contributed by atoms with Crippen molar-refractivity contribution < 1.29 is 19.1 Å². The van der Waals surface area contributed by atoms with E-state index in [0.29, 0.717) is 13.0 Å². The van der Waals surface area contributed by atoms with E-state index in [1.54, 1.807) is 6.08 Å². The van der Waals surface area contributed by atoms with E-state index in [-0.39, 0.29) is 17.0 Å². The molecule has 0 aliphatic rings. The van der Waals surface area contributed by atoms with Crippen LogP contribution < -0.4 is 5.32 Å². The molecule has 0 aliphatic carbocycles. The van der Waals surface area contributed by atoms with Gasteiger partial charge in [-0.2, -0.15) is 0 Å². The molecule has 96 valence electrons. The molecule has 0 fully saturated rings. The maximum Gasteiger partial charge on any atom is 0.338 e. The molecule has 18 heavy (non-hydrogen) atoms. The number of aromatic carboxylic acids is 1. The van der Waals surface area contributed by atoms with Crippen molar-refractivity contribution >= 4 is 18.0 Å². The number of hydrogen-bond donors (Lipinski definition) is 2. The van der Waals surface area contributed by atoms with Crippen LogP contribution in [0.2, 0.25) is 0 Å². The first-order chi connectivity index (χ1) is 8.52. The average Bonchev–Trinajstić information content (AvgIpc) is 2.30. The number of amides is 1. The third-order valence-corrected chi connectivity index (χ3v) is 2.24. The average molecular weight is 251 g/mol. The number of carbonyl (C=O) groups is 2. The van der Waals surface area contributed by atoms with Gasteiger partial charge in [-0.15, -0.1) is 0 Å². The third-order valence-electron chi connectivity index (χ3n) is 2.24. The number of carboxylic acids is 1. The molecule has 0 spiro atoms.